The van der Waals surface area contributed by atoms with Crippen LogP contribution in [0.2, 0.25) is 0 Å². The Labute approximate surface area is 123 Å². The van der Waals surface area contributed by atoms with Gasteiger partial charge in [-0.2, -0.15) is 0 Å². The van der Waals surface area contributed by atoms with E-state index in [4.69, 9.17) is 0 Å². The third-order valence-electron chi connectivity index (χ3n) is 4.33. The summed E-state index contributed by atoms with van der Waals surface area (Å²) in [5, 5.41) is 0. The molecule has 0 aromatic heterocycles. The standard InChI is InChI=1S/C16H19FN2O2/c17-13-6-4-12(5-7-13)8-10-18-11-15(20)19-9-2-1-3-14(19)16(18)21/h4-7,14H,1-3,8-11H2. The number of benzene rings is 1. The summed E-state index contributed by atoms with van der Waals surface area (Å²) in [7, 11) is 0. The molecule has 1 atom stereocenters. The van der Waals surface area contributed by atoms with Gasteiger partial charge in [0.2, 0.25) is 11.8 Å². The van der Waals surface area contributed by atoms with E-state index in [9.17, 15) is 14.0 Å². The van der Waals surface area contributed by atoms with Crippen LogP contribution < -0.4 is 0 Å². The van der Waals surface area contributed by atoms with Crippen LogP contribution in [0.1, 0.15) is 24.8 Å². The lowest BCUT2D eigenvalue weighted by molar-refractivity contribution is -0.157. The summed E-state index contributed by atoms with van der Waals surface area (Å²) in [6.07, 6.45) is 3.42. The van der Waals surface area contributed by atoms with E-state index in [-0.39, 0.29) is 30.2 Å². The maximum atomic E-state index is 12.9. The van der Waals surface area contributed by atoms with Crippen LogP contribution in [0.3, 0.4) is 0 Å². The van der Waals surface area contributed by atoms with E-state index < -0.39 is 0 Å². The molecule has 112 valence electrons. The third kappa shape index (κ3) is 2.91. The van der Waals surface area contributed by atoms with Crippen LogP contribution in [0.4, 0.5) is 4.39 Å². The van der Waals surface area contributed by atoms with Gasteiger partial charge < -0.3 is 9.80 Å². The Bertz CT molecular complexity index is 544. The molecular formula is C16H19FN2O2. The Balaban J connectivity index is 1.64. The second-order valence-corrected chi connectivity index (χ2v) is 5.73. The Morgan fingerprint density at radius 3 is 2.67 bits per heavy atom. The van der Waals surface area contributed by atoms with Gasteiger partial charge in [-0.1, -0.05) is 12.1 Å². The lowest BCUT2D eigenvalue weighted by atomic mass is 9.98. The average Bonchev–Trinajstić information content (AvgIpc) is 2.51. The predicted octanol–water partition coefficient (Wildman–Crippen LogP) is 1.59. The van der Waals surface area contributed by atoms with Crippen LogP contribution in [-0.4, -0.2) is 47.3 Å². The highest BCUT2D eigenvalue weighted by Gasteiger charge is 2.39. The Morgan fingerprint density at radius 1 is 1.14 bits per heavy atom. The molecule has 0 aliphatic carbocycles. The first-order chi connectivity index (χ1) is 10.1. The molecule has 3 rings (SSSR count). The van der Waals surface area contributed by atoms with E-state index in [1.165, 1.54) is 12.1 Å². The number of fused-ring (bicyclic) bond motifs is 1. The molecule has 0 N–H and O–H groups in total. The van der Waals surface area contributed by atoms with Gasteiger partial charge in [-0.15, -0.1) is 0 Å². The van der Waals surface area contributed by atoms with E-state index in [2.05, 4.69) is 0 Å². The zero-order valence-electron chi connectivity index (χ0n) is 11.9. The van der Waals surface area contributed by atoms with Gasteiger partial charge in [-0.3, -0.25) is 9.59 Å². The van der Waals surface area contributed by atoms with Crippen molar-refractivity contribution in [3.63, 3.8) is 0 Å². The van der Waals surface area contributed by atoms with Crippen molar-refractivity contribution in [2.45, 2.75) is 31.7 Å². The van der Waals surface area contributed by atoms with Crippen molar-refractivity contribution in [3.8, 4) is 0 Å². The molecule has 2 saturated heterocycles. The Kier molecular flexibility index (Phi) is 3.90. The number of rotatable bonds is 3. The van der Waals surface area contributed by atoms with Crippen LogP contribution in [0.5, 0.6) is 0 Å². The monoisotopic (exact) mass is 290 g/mol. The third-order valence-corrected chi connectivity index (χ3v) is 4.33. The number of carbonyl (C=O) groups excluding carboxylic acids is 2. The van der Waals surface area contributed by atoms with Crippen LogP contribution in [0.25, 0.3) is 0 Å². The van der Waals surface area contributed by atoms with Gasteiger partial charge in [0, 0.05) is 13.1 Å². The van der Waals surface area contributed by atoms with Crippen molar-refractivity contribution < 1.29 is 14.0 Å². The zero-order chi connectivity index (χ0) is 14.8. The molecule has 0 radical (unpaired) electrons. The number of hydrogen-bond acceptors (Lipinski definition) is 2. The minimum atomic E-state index is -0.263. The van der Waals surface area contributed by atoms with Crippen LogP contribution >= 0.6 is 0 Å². The lowest BCUT2D eigenvalue weighted by Crippen LogP contribution is -2.61. The van der Waals surface area contributed by atoms with Crippen LogP contribution in [0, 0.1) is 5.82 Å². The van der Waals surface area contributed by atoms with Gasteiger partial charge in [0.1, 0.15) is 11.9 Å². The summed E-state index contributed by atoms with van der Waals surface area (Å²) < 4.78 is 12.9. The van der Waals surface area contributed by atoms with Crippen molar-refractivity contribution in [1.29, 1.82) is 0 Å². The fourth-order valence-electron chi connectivity index (χ4n) is 3.13. The van der Waals surface area contributed by atoms with Gasteiger partial charge in [-0.05, 0) is 43.4 Å². The topological polar surface area (TPSA) is 40.6 Å². The molecule has 5 heteroatoms. The number of carbonyl (C=O) groups is 2. The van der Waals surface area contributed by atoms with E-state index in [1.807, 2.05) is 0 Å². The number of halogens is 1. The largest absolute Gasteiger partial charge is 0.331 e. The summed E-state index contributed by atoms with van der Waals surface area (Å²) >= 11 is 0. The van der Waals surface area contributed by atoms with E-state index >= 15 is 0 Å². The highest BCUT2D eigenvalue weighted by Crippen LogP contribution is 2.23. The molecule has 2 heterocycles. The summed E-state index contributed by atoms with van der Waals surface area (Å²) in [4.78, 5) is 28.0. The molecule has 0 saturated carbocycles. The molecular weight excluding hydrogens is 271 g/mol. The summed E-state index contributed by atoms with van der Waals surface area (Å²) in [5.74, 6) is -0.143. The summed E-state index contributed by atoms with van der Waals surface area (Å²) in [5.41, 5.74) is 0.975. The van der Waals surface area contributed by atoms with E-state index in [0.29, 0.717) is 19.5 Å². The Morgan fingerprint density at radius 2 is 1.90 bits per heavy atom. The second-order valence-electron chi connectivity index (χ2n) is 5.73. The van der Waals surface area contributed by atoms with Gasteiger partial charge in [0.05, 0.1) is 6.54 Å². The molecule has 1 aromatic rings. The maximum Gasteiger partial charge on any atom is 0.245 e. The maximum absolute atomic E-state index is 12.9. The van der Waals surface area contributed by atoms with E-state index in [1.54, 1.807) is 21.9 Å². The molecule has 1 aromatic carbocycles. The molecule has 21 heavy (non-hydrogen) atoms. The van der Waals surface area contributed by atoms with Gasteiger partial charge in [-0.25, -0.2) is 4.39 Å². The summed E-state index contributed by atoms with van der Waals surface area (Å²) in [6.45, 7) is 1.40. The smallest absolute Gasteiger partial charge is 0.245 e. The number of hydrogen-bond donors (Lipinski definition) is 0. The molecule has 0 spiro atoms. The van der Waals surface area contributed by atoms with Crippen molar-refractivity contribution in [2.75, 3.05) is 19.6 Å². The fraction of sp³-hybridized carbons (Fsp3) is 0.500. The molecule has 4 nitrogen and oxygen atoms in total. The highest BCUT2D eigenvalue weighted by molar-refractivity contribution is 5.95. The quantitative estimate of drug-likeness (QED) is 0.848. The fourth-order valence-corrected chi connectivity index (χ4v) is 3.13. The minimum absolute atomic E-state index is 0.0541. The Hall–Kier alpha value is -1.91. The number of piperidine rings is 1. The molecule has 0 bridgehead atoms. The normalized spacial score (nSPS) is 22.4. The number of amides is 2. The van der Waals surface area contributed by atoms with Gasteiger partial charge in [0.15, 0.2) is 0 Å². The number of nitrogens with zero attached hydrogens (tertiary/aromatic N) is 2. The zero-order valence-corrected chi connectivity index (χ0v) is 11.9. The predicted molar refractivity (Wildman–Crippen MR) is 76.0 cm³/mol. The average molecular weight is 290 g/mol. The first kappa shape index (κ1) is 14.0. The van der Waals surface area contributed by atoms with Crippen molar-refractivity contribution >= 4 is 11.8 Å². The summed E-state index contributed by atoms with van der Waals surface area (Å²) in [6, 6.07) is 6.02. The van der Waals surface area contributed by atoms with Crippen molar-refractivity contribution in [2.24, 2.45) is 0 Å². The minimum Gasteiger partial charge on any atom is -0.331 e. The van der Waals surface area contributed by atoms with Crippen molar-refractivity contribution in [1.82, 2.24) is 9.80 Å². The lowest BCUT2D eigenvalue weighted by Gasteiger charge is -2.42. The van der Waals surface area contributed by atoms with Crippen LogP contribution in [-0.2, 0) is 16.0 Å². The van der Waals surface area contributed by atoms with Gasteiger partial charge in [0.25, 0.3) is 0 Å². The molecule has 2 aliphatic rings. The molecule has 1 unspecified atom stereocenters. The SMILES string of the molecule is O=C1C2CCCCN2C(=O)CN1CCc1ccc(F)cc1. The molecule has 2 amide bonds. The van der Waals surface area contributed by atoms with E-state index in [0.717, 1.165) is 24.8 Å². The van der Waals surface area contributed by atoms with Gasteiger partial charge >= 0.3 is 0 Å². The van der Waals surface area contributed by atoms with Crippen molar-refractivity contribution in [3.05, 3.63) is 35.6 Å². The first-order valence-corrected chi connectivity index (χ1v) is 7.48. The highest BCUT2D eigenvalue weighted by atomic mass is 19.1. The molecule has 2 fully saturated rings. The molecule has 2 aliphatic heterocycles. The second kappa shape index (κ2) is 5.84. The first-order valence-electron chi connectivity index (χ1n) is 7.48. The van der Waals surface area contributed by atoms with Crippen LogP contribution in [0.15, 0.2) is 24.3 Å². The number of piperazine rings is 1.